The molecule has 2 fully saturated rings. The van der Waals surface area contributed by atoms with Crippen LogP contribution < -0.4 is 0 Å². The minimum absolute atomic E-state index is 0.0931. The first-order chi connectivity index (χ1) is 12.3. The van der Waals surface area contributed by atoms with Gasteiger partial charge < -0.3 is 14.9 Å². The molecular weight excluding hydrogens is 326 g/mol. The molecule has 0 unspecified atom stereocenters. The van der Waals surface area contributed by atoms with E-state index in [1.165, 1.54) is 24.8 Å². The van der Waals surface area contributed by atoms with Crippen LogP contribution in [0.15, 0.2) is 30.3 Å². The summed E-state index contributed by atoms with van der Waals surface area (Å²) < 4.78 is 6.31. The zero-order valence-corrected chi connectivity index (χ0v) is 16.5. The predicted octanol–water partition coefficient (Wildman–Crippen LogP) is 3.07. The number of aliphatic hydroxyl groups excluding tert-OH is 2. The van der Waals surface area contributed by atoms with Crippen molar-refractivity contribution in [1.29, 1.82) is 0 Å². The molecule has 0 aliphatic heterocycles. The van der Waals surface area contributed by atoms with Crippen LogP contribution in [0.5, 0.6) is 0 Å². The van der Waals surface area contributed by atoms with Crippen LogP contribution in [0, 0.1) is 16.7 Å². The van der Waals surface area contributed by atoms with Crippen molar-refractivity contribution >= 4 is 0 Å². The Morgan fingerprint density at radius 3 is 2.58 bits per heavy atom. The summed E-state index contributed by atoms with van der Waals surface area (Å²) in [6, 6.07) is 10.2. The van der Waals surface area contributed by atoms with Crippen molar-refractivity contribution in [2.24, 2.45) is 16.7 Å². The fraction of sp³-hybridized carbons (Fsp3) is 0.727. The van der Waals surface area contributed by atoms with Gasteiger partial charge in [0.25, 0.3) is 0 Å². The molecule has 0 heterocycles. The average molecular weight is 362 g/mol. The molecule has 2 aliphatic rings. The monoisotopic (exact) mass is 361 g/mol. The SMILES string of the molecule is CC1(C)[C@@H]2CC[C@](C)(C2)[C@@H]1OC[C@H](O)CN(CCO)Cc1ccccc1. The molecule has 0 saturated heterocycles. The van der Waals surface area contributed by atoms with Gasteiger partial charge in [0, 0.05) is 19.6 Å². The highest BCUT2D eigenvalue weighted by atomic mass is 16.5. The molecular formula is C22H35NO3. The second kappa shape index (κ2) is 7.97. The second-order valence-corrected chi connectivity index (χ2v) is 9.23. The van der Waals surface area contributed by atoms with Crippen molar-refractivity contribution < 1.29 is 14.9 Å². The number of aliphatic hydroxyl groups is 2. The van der Waals surface area contributed by atoms with Gasteiger partial charge >= 0.3 is 0 Å². The van der Waals surface area contributed by atoms with E-state index in [0.717, 1.165) is 12.5 Å². The van der Waals surface area contributed by atoms with Gasteiger partial charge in [-0.3, -0.25) is 4.90 Å². The Balaban J connectivity index is 1.53. The number of benzene rings is 1. The maximum absolute atomic E-state index is 10.6. The average Bonchev–Trinajstić information content (AvgIpc) is 3.06. The Kier molecular flexibility index (Phi) is 6.07. The Bertz CT molecular complexity index is 571. The smallest absolute Gasteiger partial charge is 0.0900 e. The third-order valence-corrected chi connectivity index (χ3v) is 6.73. The van der Waals surface area contributed by atoms with E-state index in [-0.39, 0.29) is 23.5 Å². The second-order valence-electron chi connectivity index (χ2n) is 9.23. The highest BCUT2D eigenvalue weighted by Gasteiger charge is 2.60. The summed E-state index contributed by atoms with van der Waals surface area (Å²) >= 11 is 0. The van der Waals surface area contributed by atoms with Crippen molar-refractivity contribution in [1.82, 2.24) is 4.90 Å². The molecule has 1 aromatic rings. The van der Waals surface area contributed by atoms with E-state index >= 15 is 0 Å². The largest absolute Gasteiger partial charge is 0.395 e. The summed E-state index contributed by atoms with van der Waals surface area (Å²) in [5.74, 6) is 0.749. The van der Waals surface area contributed by atoms with E-state index in [4.69, 9.17) is 4.74 Å². The molecule has 2 aliphatic carbocycles. The van der Waals surface area contributed by atoms with E-state index in [0.29, 0.717) is 19.7 Å². The number of hydrogen-bond acceptors (Lipinski definition) is 4. The standard InChI is InChI=1S/C22H35NO3/c1-21(2)18-9-10-22(3,13-18)20(21)26-16-19(25)15-23(11-12-24)14-17-7-5-4-6-8-17/h4-8,18-20,24-25H,9-16H2,1-3H3/t18-,19-,20-,22-/m1/s1. The molecule has 4 nitrogen and oxygen atoms in total. The van der Waals surface area contributed by atoms with E-state index in [1.807, 2.05) is 18.2 Å². The van der Waals surface area contributed by atoms with Crippen LogP contribution in [0.25, 0.3) is 0 Å². The maximum Gasteiger partial charge on any atom is 0.0900 e. The van der Waals surface area contributed by atoms with Crippen molar-refractivity contribution in [3.05, 3.63) is 35.9 Å². The Morgan fingerprint density at radius 1 is 1.23 bits per heavy atom. The van der Waals surface area contributed by atoms with Gasteiger partial charge in [-0.15, -0.1) is 0 Å². The van der Waals surface area contributed by atoms with Crippen molar-refractivity contribution in [2.45, 2.75) is 58.8 Å². The fourth-order valence-electron chi connectivity index (χ4n) is 5.45. The third kappa shape index (κ3) is 4.14. The summed E-state index contributed by atoms with van der Waals surface area (Å²) in [6.07, 6.45) is 3.50. The lowest BCUT2D eigenvalue weighted by Crippen LogP contribution is -2.45. The first-order valence-electron chi connectivity index (χ1n) is 10.0. The quantitative estimate of drug-likeness (QED) is 0.710. The predicted molar refractivity (Wildman–Crippen MR) is 104 cm³/mol. The highest BCUT2D eigenvalue weighted by Crippen LogP contribution is 2.63. The van der Waals surface area contributed by atoms with Crippen LogP contribution in [-0.2, 0) is 11.3 Å². The normalized spacial score (nSPS) is 30.8. The van der Waals surface area contributed by atoms with Gasteiger partial charge in [-0.2, -0.15) is 0 Å². The lowest BCUT2D eigenvalue weighted by molar-refractivity contribution is -0.113. The third-order valence-electron chi connectivity index (χ3n) is 6.73. The first kappa shape index (κ1) is 19.8. The zero-order valence-electron chi connectivity index (χ0n) is 16.5. The zero-order chi connectivity index (χ0) is 18.8. The number of nitrogens with zero attached hydrogens (tertiary/aromatic N) is 1. The molecule has 0 amide bonds. The van der Waals surface area contributed by atoms with Crippen LogP contribution in [-0.4, -0.2) is 53.6 Å². The van der Waals surface area contributed by atoms with Crippen LogP contribution in [0.2, 0.25) is 0 Å². The molecule has 2 saturated carbocycles. The number of fused-ring (bicyclic) bond motifs is 2. The summed E-state index contributed by atoms with van der Waals surface area (Å²) in [6.45, 7) is 9.27. The molecule has 1 aromatic carbocycles. The van der Waals surface area contributed by atoms with Crippen molar-refractivity contribution in [3.63, 3.8) is 0 Å². The molecule has 146 valence electrons. The van der Waals surface area contributed by atoms with Gasteiger partial charge in [0.15, 0.2) is 0 Å². The molecule has 0 radical (unpaired) electrons. The van der Waals surface area contributed by atoms with Gasteiger partial charge in [0.05, 0.1) is 25.4 Å². The molecule has 2 bridgehead atoms. The van der Waals surface area contributed by atoms with Crippen LogP contribution in [0.3, 0.4) is 0 Å². The molecule has 3 rings (SSSR count). The Hall–Kier alpha value is -0.940. The van der Waals surface area contributed by atoms with E-state index in [1.54, 1.807) is 0 Å². The van der Waals surface area contributed by atoms with Crippen LogP contribution in [0.4, 0.5) is 0 Å². The van der Waals surface area contributed by atoms with Gasteiger partial charge in [-0.1, -0.05) is 51.1 Å². The van der Waals surface area contributed by atoms with Gasteiger partial charge in [0.1, 0.15) is 0 Å². The highest BCUT2D eigenvalue weighted by molar-refractivity contribution is 5.14. The maximum atomic E-state index is 10.6. The number of rotatable bonds is 9. The number of hydrogen-bond donors (Lipinski definition) is 2. The van der Waals surface area contributed by atoms with Crippen LogP contribution in [0.1, 0.15) is 45.6 Å². The van der Waals surface area contributed by atoms with E-state index in [2.05, 4.69) is 37.8 Å². The molecule has 2 N–H and O–H groups in total. The lowest BCUT2D eigenvalue weighted by Gasteiger charge is -2.42. The fourth-order valence-corrected chi connectivity index (χ4v) is 5.45. The van der Waals surface area contributed by atoms with Crippen LogP contribution >= 0.6 is 0 Å². The topological polar surface area (TPSA) is 52.9 Å². The number of ether oxygens (including phenoxy) is 1. The minimum atomic E-state index is -0.538. The van der Waals surface area contributed by atoms with E-state index in [9.17, 15) is 10.2 Å². The molecule has 0 aromatic heterocycles. The van der Waals surface area contributed by atoms with Gasteiger partial charge in [0.2, 0.25) is 0 Å². The minimum Gasteiger partial charge on any atom is -0.395 e. The van der Waals surface area contributed by atoms with E-state index < -0.39 is 6.10 Å². The summed E-state index contributed by atoms with van der Waals surface area (Å²) in [4.78, 5) is 2.09. The first-order valence-corrected chi connectivity index (χ1v) is 10.0. The molecule has 4 heteroatoms. The Morgan fingerprint density at radius 2 is 1.96 bits per heavy atom. The summed E-state index contributed by atoms with van der Waals surface area (Å²) in [5, 5.41) is 19.9. The van der Waals surface area contributed by atoms with Gasteiger partial charge in [-0.25, -0.2) is 0 Å². The lowest BCUT2D eigenvalue weighted by atomic mass is 9.70. The molecule has 26 heavy (non-hydrogen) atoms. The van der Waals surface area contributed by atoms with Gasteiger partial charge in [-0.05, 0) is 41.6 Å². The molecule has 0 spiro atoms. The van der Waals surface area contributed by atoms with Crippen molar-refractivity contribution in [2.75, 3.05) is 26.3 Å². The summed E-state index contributed by atoms with van der Waals surface area (Å²) in [5.41, 5.74) is 1.65. The summed E-state index contributed by atoms with van der Waals surface area (Å²) in [7, 11) is 0. The Labute approximate surface area is 158 Å². The molecule has 4 atom stereocenters. The van der Waals surface area contributed by atoms with Crippen molar-refractivity contribution in [3.8, 4) is 0 Å².